The Morgan fingerprint density at radius 2 is 0.649 bits per heavy atom. The quantitative estimate of drug-likeness (QED) is 0.119. The van der Waals surface area contributed by atoms with E-state index in [4.69, 9.17) is 7.53 Å². The van der Waals surface area contributed by atoms with E-state index in [0.29, 0.717) is 0 Å². The molecule has 0 heterocycles. The second kappa shape index (κ2) is 13.2. The van der Waals surface area contributed by atoms with Crippen LogP contribution in [0, 0.1) is 0 Å². The fraction of sp³-hybridized carbons (Fsp3) is 1.00. The van der Waals surface area contributed by atoms with Crippen LogP contribution in [0.1, 0.15) is 83.1 Å². The van der Waals surface area contributed by atoms with Crippen LogP contribution in [-0.4, -0.2) is 86.0 Å². The summed E-state index contributed by atoms with van der Waals surface area (Å²) in [5, 5.41) is -2.51. The van der Waals surface area contributed by atoms with E-state index in [1.54, 1.807) is 83.1 Å². The molecule has 222 valence electrons. The Hall–Kier alpha value is 0.763. The van der Waals surface area contributed by atoms with Gasteiger partial charge in [-0.1, -0.05) is 0 Å². The molecule has 0 aliphatic carbocycles. The first kappa shape index (κ1) is 37.8. The zero-order valence-electron chi connectivity index (χ0n) is 24.0. The normalized spacial score (nSPS) is 15.4. The van der Waals surface area contributed by atoms with Crippen LogP contribution in [0.5, 0.6) is 0 Å². The van der Waals surface area contributed by atoms with E-state index in [1.165, 1.54) is 0 Å². The van der Waals surface area contributed by atoms with Gasteiger partial charge in [0.05, 0.1) is 0 Å². The molecule has 0 N–H and O–H groups in total. The molecule has 2 nitrogen and oxygen atoms in total. The molecule has 0 rings (SSSR count). The molecule has 37 heavy (non-hydrogen) atoms. The van der Waals surface area contributed by atoms with Crippen LogP contribution in [-0.2, 0) is 7.53 Å². The molecular formula is C24H44F8GeO2P2. The van der Waals surface area contributed by atoms with Gasteiger partial charge in [-0.15, -0.1) is 0 Å². The van der Waals surface area contributed by atoms with Crippen molar-refractivity contribution in [2.75, 3.05) is 12.3 Å². The van der Waals surface area contributed by atoms with E-state index in [2.05, 4.69) is 0 Å². The van der Waals surface area contributed by atoms with Gasteiger partial charge in [-0.05, 0) is 0 Å². The SMILES string of the molecule is CC(C)(C)P(CC([O][Ge][O]C(CP(C(C)(C)C)C(C)(C)C)(C(F)F)C(F)F)(C(F)F)C(F)F)C(C)(C)C. The zero-order valence-corrected chi connectivity index (χ0v) is 27.8. The van der Waals surface area contributed by atoms with Crippen LogP contribution in [0.2, 0.25) is 0 Å². The third-order valence-electron chi connectivity index (χ3n) is 5.99. The molecule has 0 unspecified atom stereocenters. The van der Waals surface area contributed by atoms with E-state index >= 15 is 0 Å². The van der Waals surface area contributed by atoms with Gasteiger partial charge < -0.3 is 0 Å². The molecule has 0 bridgehead atoms. The maximum absolute atomic E-state index is 14.3. The van der Waals surface area contributed by atoms with Crippen molar-refractivity contribution in [3.8, 4) is 0 Å². The number of alkyl halides is 8. The molecule has 0 atom stereocenters. The number of hydrogen-bond acceptors (Lipinski definition) is 2. The van der Waals surface area contributed by atoms with Crippen LogP contribution >= 0.6 is 15.8 Å². The summed E-state index contributed by atoms with van der Waals surface area (Å²) in [4.78, 5) is 0. The van der Waals surface area contributed by atoms with Crippen molar-refractivity contribution < 1.29 is 42.7 Å². The van der Waals surface area contributed by atoms with Crippen molar-refractivity contribution in [3.05, 3.63) is 0 Å². The minimum atomic E-state index is -3.68. The number of rotatable bonds is 12. The summed E-state index contributed by atoms with van der Waals surface area (Å²) in [5.41, 5.74) is -6.61. The first-order chi connectivity index (χ1) is 16.2. The van der Waals surface area contributed by atoms with Crippen LogP contribution in [0.4, 0.5) is 35.1 Å². The molecule has 0 aromatic heterocycles. The third kappa shape index (κ3) is 9.97. The van der Waals surface area contributed by atoms with Gasteiger partial charge in [0.25, 0.3) is 0 Å². The van der Waals surface area contributed by atoms with Crippen molar-refractivity contribution >= 4 is 31.9 Å². The Morgan fingerprint density at radius 3 is 0.784 bits per heavy atom. The molecule has 0 saturated heterocycles. The molecule has 0 spiro atoms. The van der Waals surface area contributed by atoms with Gasteiger partial charge in [-0.3, -0.25) is 0 Å². The van der Waals surface area contributed by atoms with E-state index in [-0.39, 0.29) is 0 Å². The Morgan fingerprint density at radius 1 is 0.459 bits per heavy atom. The molecule has 0 aliphatic heterocycles. The zero-order chi connectivity index (χ0) is 30.0. The Balaban J connectivity index is 6.41. The molecule has 0 fully saturated rings. The van der Waals surface area contributed by atoms with Crippen molar-refractivity contribution in [2.24, 2.45) is 0 Å². The maximum atomic E-state index is 14.3. The van der Waals surface area contributed by atoms with Crippen molar-refractivity contribution in [1.29, 1.82) is 0 Å². The van der Waals surface area contributed by atoms with Gasteiger partial charge >= 0.3 is 228 Å². The fourth-order valence-electron chi connectivity index (χ4n) is 4.34. The van der Waals surface area contributed by atoms with Gasteiger partial charge in [-0.2, -0.15) is 0 Å². The van der Waals surface area contributed by atoms with Crippen LogP contribution in [0.25, 0.3) is 0 Å². The van der Waals surface area contributed by atoms with Gasteiger partial charge in [0.1, 0.15) is 0 Å². The number of halogens is 8. The summed E-state index contributed by atoms with van der Waals surface area (Å²) in [6.45, 7) is 21.0. The molecule has 0 amide bonds. The summed E-state index contributed by atoms with van der Waals surface area (Å²) >= 11 is -2.97. The molecule has 13 heteroatoms. The second-order valence-electron chi connectivity index (χ2n) is 13.3. The van der Waals surface area contributed by atoms with Crippen molar-refractivity contribution in [3.63, 3.8) is 0 Å². The van der Waals surface area contributed by atoms with Gasteiger partial charge in [-0.25, -0.2) is 0 Å². The Labute approximate surface area is 227 Å². The van der Waals surface area contributed by atoms with E-state index in [1.807, 2.05) is 0 Å². The molecule has 0 aromatic rings. The third-order valence-corrected chi connectivity index (χ3v) is 16.0. The summed E-state index contributed by atoms with van der Waals surface area (Å²) in [6.07, 6.45) is -16.2. The van der Waals surface area contributed by atoms with Crippen LogP contribution < -0.4 is 0 Å². The van der Waals surface area contributed by atoms with Crippen LogP contribution in [0.15, 0.2) is 0 Å². The van der Waals surface area contributed by atoms with E-state index in [0.717, 1.165) is 0 Å². The minimum absolute atomic E-state index is 0.627. The van der Waals surface area contributed by atoms with Crippen molar-refractivity contribution in [2.45, 2.75) is 141 Å². The van der Waals surface area contributed by atoms with E-state index in [9.17, 15) is 35.1 Å². The first-order valence-corrected chi connectivity index (χ1v) is 16.7. The molecule has 2 radical (unpaired) electrons. The Bertz CT molecular complexity index is 597. The topological polar surface area (TPSA) is 18.5 Å². The van der Waals surface area contributed by atoms with Gasteiger partial charge in [0.15, 0.2) is 0 Å². The standard InChI is InChI=1S/C24H44F8GeO2P2/c1-19(2,3)36(20(4,5)6)13-23(15(25)26,16(27)28)34-33-35-24(17(29)30,18(31)32)14-37(21(7,8)9)22(10,11)12/h15-18H,13-14H2,1-12H3. The fourth-order valence-corrected chi connectivity index (χ4v) is 14.2. The first-order valence-electron chi connectivity index (χ1n) is 12.0. The predicted molar refractivity (Wildman–Crippen MR) is 140 cm³/mol. The summed E-state index contributed by atoms with van der Waals surface area (Å²) in [6, 6.07) is 0. The molecular weight excluding hydrogens is 607 g/mol. The molecule has 0 aromatic carbocycles. The predicted octanol–water partition coefficient (Wildman–Crippen LogP) is 9.25. The van der Waals surface area contributed by atoms with Gasteiger partial charge in [0.2, 0.25) is 0 Å². The number of hydrogen-bond donors (Lipinski definition) is 0. The summed E-state index contributed by atoms with van der Waals surface area (Å²) in [7, 11) is -3.05. The summed E-state index contributed by atoms with van der Waals surface area (Å²) < 4.78 is 124. The molecule has 0 saturated carbocycles. The van der Waals surface area contributed by atoms with Crippen LogP contribution in [0.3, 0.4) is 0 Å². The molecule has 0 aliphatic rings. The monoisotopic (exact) mass is 652 g/mol. The average Bonchev–Trinajstić information content (AvgIpc) is 2.61. The summed E-state index contributed by atoms with van der Waals surface area (Å²) in [5.74, 6) is 0. The van der Waals surface area contributed by atoms with Crippen molar-refractivity contribution in [1.82, 2.24) is 0 Å². The second-order valence-corrected chi connectivity index (χ2v) is 22.2. The van der Waals surface area contributed by atoms with Gasteiger partial charge in [0, 0.05) is 0 Å². The van der Waals surface area contributed by atoms with E-state index < -0.39 is 102 Å². The Kier molecular flexibility index (Phi) is 13.4. The average molecular weight is 651 g/mol.